The molecule has 0 aliphatic rings. The Bertz CT molecular complexity index is 342. The van der Waals surface area contributed by atoms with Crippen molar-refractivity contribution >= 4 is 22.2 Å². The molecule has 1 aromatic carbocycles. The van der Waals surface area contributed by atoms with E-state index < -0.39 is 6.61 Å². The lowest BCUT2D eigenvalue weighted by atomic mass is 10.1. The van der Waals surface area contributed by atoms with Gasteiger partial charge in [0.25, 0.3) is 0 Å². The first-order chi connectivity index (χ1) is 7.13. The smallest absolute Gasteiger partial charge is 0.387 e. The van der Waals surface area contributed by atoms with Crippen LogP contribution in [0, 0.1) is 0 Å². The lowest BCUT2D eigenvalue weighted by molar-refractivity contribution is -0.107. The van der Waals surface area contributed by atoms with E-state index in [9.17, 15) is 13.6 Å². The van der Waals surface area contributed by atoms with E-state index in [0.29, 0.717) is 12.8 Å². The number of hydrogen-bond acceptors (Lipinski definition) is 2. The number of halogens is 3. The predicted octanol–water partition coefficient (Wildman–Crippen LogP) is 3.18. The Morgan fingerprint density at radius 2 is 2.20 bits per heavy atom. The topological polar surface area (TPSA) is 26.3 Å². The number of rotatable bonds is 5. The molecule has 0 spiro atoms. The molecule has 0 aliphatic heterocycles. The van der Waals surface area contributed by atoms with Gasteiger partial charge in [0.05, 0.1) is 0 Å². The molecule has 0 N–H and O–H groups in total. The molecule has 0 aliphatic carbocycles. The minimum absolute atomic E-state index is 0.106. The fourth-order valence-corrected chi connectivity index (χ4v) is 1.58. The summed E-state index contributed by atoms with van der Waals surface area (Å²) < 4.78 is 28.9. The van der Waals surface area contributed by atoms with Gasteiger partial charge in [-0.1, -0.05) is 15.9 Å². The number of carbonyl (C=O) groups excluding carboxylic acids is 1. The van der Waals surface area contributed by atoms with Gasteiger partial charge in [-0.05, 0) is 30.2 Å². The zero-order chi connectivity index (χ0) is 11.3. The Balaban J connectivity index is 2.79. The molecule has 5 heteroatoms. The Morgan fingerprint density at radius 1 is 1.47 bits per heavy atom. The molecule has 0 saturated heterocycles. The van der Waals surface area contributed by atoms with Gasteiger partial charge < -0.3 is 9.53 Å². The summed E-state index contributed by atoms with van der Waals surface area (Å²) in [6, 6.07) is 4.57. The van der Waals surface area contributed by atoms with Crippen LogP contribution in [0.2, 0.25) is 0 Å². The highest BCUT2D eigenvalue weighted by Crippen LogP contribution is 2.24. The molecule has 0 saturated carbocycles. The molecule has 2 nitrogen and oxygen atoms in total. The second kappa shape index (κ2) is 5.80. The van der Waals surface area contributed by atoms with Gasteiger partial charge in [0.1, 0.15) is 12.0 Å². The van der Waals surface area contributed by atoms with Gasteiger partial charge >= 0.3 is 6.61 Å². The normalized spacial score (nSPS) is 10.4. The van der Waals surface area contributed by atoms with Crippen molar-refractivity contribution in [1.82, 2.24) is 0 Å². The van der Waals surface area contributed by atoms with E-state index in [4.69, 9.17) is 0 Å². The van der Waals surface area contributed by atoms with Crippen molar-refractivity contribution < 1.29 is 18.3 Å². The second-order valence-electron chi connectivity index (χ2n) is 2.84. The van der Waals surface area contributed by atoms with Crippen LogP contribution >= 0.6 is 15.9 Å². The average molecular weight is 279 g/mol. The fraction of sp³-hybridized carbons (Fsp3) is 0.300. The number of aryl methyl sites for hydroxylation is 1. The van der Waals surface area contributed by atoms with Crippen molar-refractivity contribution in [3.8, 4) is 5.75 Å². The highest BCUT2D eigenvalue weighted by atomic mass is 79.9. The zero-order valence-electron chi connectivity index (χ0n) is 7.75. The van der Waals surface area contributed by atoms with E-state index in [1.54, 1.807) is 6.07 Å². The maximum absolute atomic E-state index is 11.9. The molecule has 82 valence electrons. The number of ether oxygens (including phenoxy) is 1. The predicted molar refractivity (Wildman–Crippen MR) is 55.2 cm³/mol. The molecule has 0 radical (unpaired) electrons. The van der Waals surface area contributed by atoms with Crippen LogP contribution in [0.1, 0.15) is 12.0 Å². The van der Waals surface area contributed by atoms with E-state index in [0.717, 1.165) is 16.3 Å². The van der Waals surface area contributed by atoms with Crippen LogP contribution in [-0.4, -0.2) is 12.9 Å². The second-order valence-corrected chi connectivity index (χ2v) is 3.69. The Hall–Kier alpha value is -0.970. The Kier molecular flexibility index (Phi) is 4.68. The van der Waals surface area contributed by atoms with Gasteiger partial charge in [-0.25, -0.2) is 0 Å². The maximum Gasteiger partial charge on any atom is 0.387 e. The number of hydrogen-bond donors (Lipinski definition) is 0. The molecule has 15 heavy (non-hydrogen) atoms. The van der Waals surface area contributed by atoms with E-state index >= 15 is 0 Å². The summed E-state index contributed by atoms with van der Waals surface area (Å²) in [5.74, 6) is 0.106. The van der Waals surface area contributed by atoms with E-state index in [-0.39, 0.29) is 5.75 Å². The van der Waals surface area contributed by atoms with Gasteiger partial charge in [0, 0.05) is 10.9 Å². The number of alkyl halides is 2. The highest BCUT2D eigenvalue weighted by molar-refractivity contribution is 9.10. The van der Waals surface area contributed by atoms with Gasteiger partial charge in [0.2, 0.25) is 0 Å². The van der Waals surface area contributed by atoms with Crippen LogP contribution in [0.25, 0.3) is 0 Å². The van der Waals surface area contributed by atoms with Crippen molar-refractivity contribution in [1.29, 1.82) is 0 Å². The fourth-order valence-electron chi connectivity index (χ4n) is 1.13. The monoisotopic (exact) mass is 278 g/mol. The Morgan fingerprint density at radius 3 is 2.80 bits per heavy atom. The van der Waals surface area contributed by atoms with Crippen molar-refractivity contribution in [2.75, 3.05) is 0 Å². The molecular weight excluding hydrogens is 270 g/mol. The molecule has 0 fully saturated rings. The van der Waals surface area contributed by atoms with Crippen molar-refractivity contribution in [2.24, 2.45) is 0 Å². The summed E-state index contributed by atoms with van der Waals surface area (Å²) in [5.41, 5.74) is 0.778. The first-order valence-electron chi connectivity index (χ1n) is 4.30. The molecule has 0 bridgehead atoms. The SMILES string of the molecule is O=CCCc1cc(OC(F)F)ccc1Br. The van der Waals surface area contributed by atoms with Gasteiger partial charge in [-0.2, -0.15) is 8.78 Å². The molecule has 1 rings (SSSR count). The van der Waals surface area contributed by atoms with Crippen LogP contribution < -0.4 is 4.74 Å². The van der Waals surface area contributed by atoms with E-state index in [2.05, 4.69) is 20.7 Å². The molecule has 0 atom stereocenters. The largest absolute Gasteiger partial charge is 0.435 e. The molecule has 0 amide bonds. The van der Waals surface area contributed by atoms with Crippen LogP contribution in [0.3, 0.4) is 0 Å². The van der Waals surface area contributed by atoms with E-state index in [1.807, 2.05) is 0 Å². The summed E-state index contributed by atoms with van der Waals surface area (Å²) in [5, 5.41) is 0. The molecule has 0 unspecified atom stereocenters. The highest BCUT2D eigenvalue weighted by Gasteiger charge is 2.07. The number of aldehydes is 1. The minimum atomic E-state index is -2.83. The van der Waals surface area contributed by atoms with Crippen molar-refractivity contribution in [3.05, 3.63) is 28.2 Å². The molecule has 1 aromatic rings. The van der Waals surface area contributed by atoms with Gasteiger partial charge in [-0.3, -0.25) is 0 Å². The lowest BCUT2D eigenvalue weighted by Gasteiger charge is -2.07. The van der Waals surface area contributed by atoms with Crippen LogP contribution in [0.4, 0.5) is 8.78 Å². The van der Waals surface area contributed by atoms with Crippen molar-refractivity contribution in [2.45, 2.75) is 19.5 Å². The molecule has 0 aromatic heterocycles. The molecular formula is C10H9BrF2O2. The third kappa shape index (κ3) is 3.95. The van der Waals surface area contributed by atoms with Crippen LogP contribution in [0.15, 0.2) is 22.7 Å². The van der Waals surface area contributed by atoms with Gasteiger partial charge in [-0.15, -0.1) is 0 Å². The average Bonchev–Trinajstić information content (AvgIpc) is 2.18. The maximum atomic E-state index is 11.9. The summed E-state index contributed by atoms with van der Waals surface area (Å²) in [4.78, 5) is 10.2. The van der Waals surface area contributed by atoms with Gasteiger partial charge in [0.15, 0.2) is 0 Å². The first-order valence-corrected chi connectivity index (χ1v) is 5.09. The molecule has 0 heterocycles. The quantitative estimate of drug-likeness (QED) is 0.774. The summed E-state index contributed by atoms with van der Waals surface area (Å²) in [7, 11) is 0. The first kappa shape index (κ1) is 12.1. The minimum Gasteiger partial charge on any atom is -0.435 e. The van der Waals surface area contributed by atoms with Crippen LogP contribution in [-0.2, 0) is 11.2 Å². The standard InChI is InChI=1S/C10H9BrF2O2/c11-9-4-3-8(15-10(12)13)6-7(9)2-1-5-14/h3-6,10H,1-2H2. The van der Waals surface area contributed by atoms with E-state index in [1.165, 1.54) is 12.1 Å². The third-order valence-electron chi connectivity index (χ3n) is 1.77. The summed E-state index contributed by atoms with van der Waals surface area (Å²) in [6.45, 7) is -2.83. The zero-order valence-corrected chi connectivity index (χ0v) is 9.34. The lowest BCUT2D eigenvalue weighted by Crippen LogP contribution is -2.02. The third-order valence-corrected chi connectivity index (χ3v) is 2.55. The number of carbonyl (C=O) groups is 1. The summed E-state index contributed by atoms with van der Waals surface area (Å²) in [6.07, 6.45) is 1.65. The van der Waals surface area contributed by atoms with Crippen molar-refractivity contribution in [3.63, 3.8) is 0 Å². The summed E-state index contributed by atoms with van der Waals surface area (Å²) >= 11 is 3.27. The van der Waals surface area contributed by atoms with Crippen LogP contribution in [0.5, 0.6) is 5.75 Å². The number of benzene rings is 1. The Labute approximate surface area is 94.4 Å².